The van der Waals surface area contributed by atoms with E-state index in [0.29, 0.717) is 13.2 Å². The zero-order valence-corrected chi connectivity index (χ0v) is 7.17. The fourth-order valence-electron chi connectivity index (χ4n) is 0.742. The molecule has 0 heterocycles. The molecule has 0 bridgehead atoms. The summed E-state index contributed by atoms with van der Waals surface area (Å²) < 4.78 is 9.69. The quantitative estimate of drug-likeness (QED) is 0.484. The van der Waals surface area contributed by atoms with Crippen LogP contribution in [0.1, 0.15) is 0 Å². The summed E-state index contributed by atoms with van der Waals surface area (Å²) in [7, 11) is 3.26. The summed E-state index contributed by atoms with van der Waals surface area (Å²) >= 11 is 0. The summed E-state index contributed by atoms with van der Waals surface area (Å²) in [5.41, 5.74) is 0. The highest BCUT2D eigenvalue weighted by atomic mass is 16.5. The molecule has 0 radical (unpaired) electrons. The van der Waals surface area contributed by atoms with E-state index >= 15 is 0 Å². The van der Waals surface area contributed by atoms with Gasteiger partial charge >= 0.3 is 0 Å². The lowest BCUT2D eigenvalue weighted by Gasteiger charge is -2.14. The number of hydrogen-bond donors (Lipinski definition) is 2. The summed E-state index contributed by atoms with van der Waals surface area (Å²) in [4.78, 5) is 0. The van der Waals surface area contributed by atoms with Crippen LogP contribution in [-0.4, -0.2) is 51.7 Å². The van der Waals surface area contributed by atoms with Crippen LogP contribution in [0.2, 0.25) is 0 Å². The van der Waals surface area contributed by atoms with Crippen molar-refractivity contribution < 1.29 is 14.6 Å². The average Bonchev–Trinajstić information content (AvgIpc) is 2.03. The first-order valence-corrected chi connectivity index (χ1v) is 3.67. The second kappa shape index (κ2) is 7.94. The van der Waals surface area contributed by atoms with Crippen LogP contribution in [0.4, 0.5) is 0 Å². The van der Waals surface area contributed by atoms with Crippen LogP contribution in [0, 0.1) is 0 Å². The van der Waals surface area contributed by atoms with Crippen molar-refractivity contribution in [1.29, 1.82) is 0 Å². The Morgan fingerprint density at radius 2 is 2.09 bits per heavy atom. The molecule has 1 unspecified atom stereocenters. The SMILES string of the molecule is COCCNC(CO)COC. The number of aliphatic hydroxyl groups is 1. The maximum absolute atomic E-state index is 8.77. The van der Waals surface area contributed by atoms with Gasteiger partial charge in [0, 0.05) is 20.8 Å². The second-order valence-corrected chi connectivity index (χ2v) is 2.28. The molecule has 0 saturated heterocycles. The topological polar surface area (TPSA) is 50.7 Å². The van der Waals surface area contributed by atoms with Gasteiger partial charge in [0.05, 0.1) is 25.9 Å². The number of ether oxygens (including phenoxy) is 2. The van der Waals surface area contributed by atoms with Crippen LogP contribution in [0.3, 0.4) is 0 Å². The number of aliphatic hydroxyl groups excluding tert-OH is 1. The molecule has 0 aromatic heterocycles. The van der Waals surface area contributed by atoms with Gasteiger partial charge in [0.25, 0.3) is 0 Å². The molecule has 0 saturated carbocycles. The van der Waals surface area contributed by atoms with Crippen molar-refractivity contribution in [3.05, 3.63) is 0 Å². The zero-order chi connectivity index (χ0) is 8.53. The van der Waals surface area contributed by atoms with E-state index in [0.717, 1.165) is 6.54 Å². The number of methoxy groups -OCH3 is 2. The molecule has 0 aliphatic heterocycles. The second-order valence-electron chi connectivity index (χ2n) is 2.28. The highest BCUT2D eigenvalue weighted by Gasteiger charge is 2.03. The Hall–Kier alpha value is -0.160. The Bertz CT molecular complexity index is 80.1. The largest absolute Gasteiger partial charge is 0.395 e. The Balaban J connectivity index is 3.20. The van der Waals surface area contributed by atoms with E-state index in [-0.39, 0.29) is 12.6 Å². The molecule has 0 fully saturated rings. The average molecular weight is 163 g/mol. The van der Waals surface area contributed by atoms with E-state index in [1.807, 2.05) is 0 Å². The van der Waals surface area contributed by atoms with Crippen LogP contribution < -0.4 is 5.32 Å². The van der Waals surface area contributed by atoms with Gasteiger partial charge in [0.15, 0.2) is 0 Å². The highest BCUT2D eigenvalue weighted by molar-refractivity contribution is 4.63. The fourth-order valence-corrected chi connectivity index (χ4v) is 0.742. The Morgan fingerprint density at radius 1 is 1.36 bits per heavy atom. The summed E-state index contributed by atoms with van der Waals surface area (Å²) in [6.45, 7) is 2.02. The van der Waals surface area contributed by atoms with Crippen molar-refractivity contribution in [2.45, 2.75) is 6.04 Å². The molecule has 4 nitrogen and oxygen atoms in total. The molecule has 2 N–H and O–H groups in total. The molecule has 4 heteroatoms. The van der Waals surface area contributed by atoms with Gasteiger partial charge in [-0.1, -0.05) is 0 Å². The van der Waals surface area contributed by atoms with Gasteiger partial charge in [0.1, 0.15) is 0 Å². The predicted octanol–water partition coefficient (Wildman–Crippen LogP) is -0.770. The third-order valence-corrected chi connectivity index (χ3v) is 1.33. The standard InChI is InChI=1S/C7H17NO3/c1-10-4-3-8-7(5-9)6-11-2/h7-9H,3-6H2,1-2H3. The summed E-state index contributed by atoms with van der Waals surface area (Å²) in [6.07, 6.45) is 0. The fraction of sp³-hybridized carbons (Fsp3) is 1.00. The molecule has 0 aromatic rings. The van der Waals surface area contributed by atoms with Gasteiger partial charge in [-0.05, 0) is 0 Å². The maximum Gasteiger partial charge on any atom is 0.0638 e. The van der Waals surface area contributed by atoms with Crippen molar-refractivity contribution in [3.8, 4) is 0 Å². The van der Waals surface area contributed by atoms with Crippen molar-refractivity contribution in [2.75, 3.05) is 40.6 Å². The number of nitrogens with one attached hydrogen (secondary N) is 1. The Morgan fingerprint density at radius 3 is 2.55 bits per heavy atom. The normalized spacial score (nSPS) is 13.4. The van der Waals surface area contributed by atoms with Gasteiger partial charge in [-0.3, -0.25) is 0 Å². The van der Waals surface area contributed by atoms with Gasteiger partial charge in [-0.2, -0.15) is 0 Å². The van der Waals surface area contributed by atoms with E-state index in [9.17, 15) is 0 Å². The molecule has 0 aromatic carbocycles. The molecule has 0 aliphatic carbocycles. The smallest absolute Gasteiger partial charge is 0.0638 e. The molecule has 0 rings (SSSR count). The lowest BCUT2D eigenvalue weighted by Crippen LogP contribution is -2.38. The molecule has 68 valence electrons. The van der Waals surface area contributed by atoms with Crippen molar-refractivity contribution in [3.63, 3.8) is 0 Å². The molecule has 0 amide bonds. The molecule has 1 atom stereocenters. The van der Waals surface area contributed by atoms with Crippen molar-refractivity contribution >= 4 is 0 Å². The zero-order valence-electron chi connectivity index (χ0n) is 7.17. The van der Waals surface area contributed by atoms with Gasteiger partial charge in [0.2, 0.25) is 0 Å². The van der Waals surface area contributed by atoms with E-state index in [1.54, 1.807) is 14.2 Å². The highest BCUT2D eigenvalue weighted by Crippen LogP contribution is 1.81. The first kappa shape index (κ1) is 10.8. The monoisotopic (exact) mass is 163 g/mol. The van der Waals surface area contributed by atoms with Crippen LogP contribution in [0.25, 0.3) is 0 Å². The third-order valence-electron chi connectivity index (χ3n) is 1.33. The van der Waals surface area contributed by atoms with Crippen molar-refractivity contribution in [2.24, 2.45) is 0 Å². The maximum atomic E-state index is 8.77. The predicted molar refractivity (Wildman–Crippen MR) is 42.6 cm³/mol. The van der Waals surface area contributed by atoms with E-state index in [2.05, 4.69) is 5.32 Å². The molecule has 0 spiro atoms. The molecule has 11 heavy (non-hydrogen) atoms. The summed E-state index contributed by atoms with van der Waals surface area (Å²) in [5.74, 6) is 0. The lowest BCUT2D eigenvalue weighted by molar-refractivity contribution is 0.120. The van der Waals surface area contributed by atoms with Gasteiger partial charge in [-0.25, -0.2) is 0 Å². The molecular formula is C7H17NO3. The molecular weight excluding hydrogens is 146 g/mol. The summed E-state index contributed by atoms with van der Waals surface area (Å²) in [5, 5.41) is 11.8. The van der Waals surface area contributed by atoms with Crippen LogP contribution >= 0.6 is 0 Å². The van der Waals surface area contributed by atoms with E-state index in [4.69, 9.17) is 14.6 Å². The first-order valence-electron chi connectivity index (χ1n) is 3.67. The van der Waals surface area contributed by atoms with Gasteiger partial charge in [-0.15, -0.1) is 0 Å². The minimum Gasteiger partial charge on any atom is -0.395 e. The van der Waals surface area contributed by atoms with Crippen LogP contribution in [-0.2, 0) is 9.47 Å². The first-order chi connectivity index (χ1) is 5.35. The van der Waals surface area contributed by atoms with Crippen LogP contribution in [0.15, 0.2) is 0 Å². The van der Waals surface area contributed by atoms with E-state index < -0.39 is 0 Å². The number of hydrogen-bond acceptors (Lipinski definition) is 4. The Labute approximate surface area is 67.5 Å². The minimum atomic E-state index is 0.0233. The molecule has 0 aliphatic rings. The van der Waals surface area contributed by atoms with E-state index in [1.165, 1.54) is 0 Å². The van der Waals surface area contributed by atoms with Crippen LogP contribution in [0.5, 0.6) is 0 Å². The Kier molecular flexibility index (Phi) is 7.83. The van der Waals surface area contributed by atoms with Gasteiger partial charge < -0.3 is 19.9 Å². The summed E-state index contributed by atoms with van der Waals surface area (Å²) in [6, 6.07) is 0.0233. The minimum absolute atomic E-state index is 0.0233. The lowest BCUT2D eigenvalue weighted by atomic mass is 10.3. The third kappa shape index (κ3) is 6.25. The number of rotatable bonds is 7. The van der Waals surface area contributed by atoms with Crippen molar-refractivity contribution in [1.82, 2.24) is 5.32 Å².